The van der Waals surface area contributed by atoms with Gasteiger partial charge in [0, 0.05) is 32.7 Å². The summed E-state index contributed by atoms with van der Waals surface area (Å²) in [6.07, 6.45) is 1.38. The van der Waals surface area contributed by atoms with Gasteiger partial charge in [-0.05, 0) is 49.2 Å². The molecule has 2 heterocycles. The predicted octanol–water partition coefficient (Wildman–Crippen LogP) is 3.60. The second-order valence-corrected chi connectivity index (χ2v) is 8.07. The largest absolute Gasteiger partial charge is 0.507 e. The lowest BCUT2D eigenvalue weighted by Crippen LogP contribution is -2.48. The Morgan fingerprint density at radius 2 is 1.97 bits per heavy atom. The van der Waals surface area contributed by atoms with Crippen molar-refractivity contribution in [1.29, 1.82) is 0 Å². The van der Waals surface area contributed by atoms with Gasteiger partial charge in [-0.2, -0.15) is 0 Å². The van der Waals surface area contributed by atoms with E-state index in [2.05, 4.69) is 4.90 Å². The molecule has 2 aliphatic rings. The highest BCUT2D eigenvalue weighted by Gasteiger charge is 2.34. The van der Waals surface area contributed by atoms with Crippen molar-refractivity contribution < 1.29 is 28.9 Å². The number of piperazine rings is 1. The van der Waals surface area contributed by atoms with Gasteiger partial charge in [-0.25, -0.2) is 4.79 Å². The number of aryl methyl sites for hydroxylation is 1. The van der Waals surface area contributed by atoms with Gasteiger partial charge in [-0.1, -0.05) is 12.1 Å². The summed E-state index contributed by atoms with van der Waals surface area (Å²) in [5.41, 5.74) is 2.49. The summed E-state index contributed by atoms with van der Waals surface area (Å²) in [4.78, 5) is 28.9. The van der Waals surface area contributed by atoms with E-state index in [1.165, 1.54) is 0 Å². The Balaban J connectivity index is 1.56. The molecule has 0 bridgehead atoms. The molecule has 2 aliphatic heterocycles. The highest BCUT2D eigenvalue weighted by atomic mass is 16.6. The Kier molecular flexibility index (Phi) is 6.55. The molecule has 2 aromatic carbocycles. The van der Waals surface area contributed by atoms with Crippen LogP contribution in [0, 0.1) is 6.92 Å². The first-order valence-corrected chi connectivity index (χ1v) is 11.0. The van der Waals surface area contributed by atoms with E-state index in [4.69, 9.17) is 14.2 Å². The molecule has 4 rings (SSSR count). The lowest BCUT2D eigenvalue weighted by Gasteiger charge is -2.34. The number of hydrogen-bond acceptors (Lipinski definition) is 7. The predicted molar refractivity (Wildman–Crippen MR) is 123 cm³/mol. The minimum absolute atomic E-state index is 0.0921. The van der Waals surface area contributed by atoms with Crippen LogP contribution in [0.3, 0.4) is 0 Å². The molecule has 0 aromatic heterocycles. The van der Waals surface area contributed by atoms with Crippen molar-refractivity contribution in [3.8, 4) is 17.2 Å². The first-order valence-electron chi connectivity index (χ1n) is 11.0. The summed E-state index contributed by atoms with van der Waals surface area (Å²) in [5, 5.41) is 10.7. The van der Waals surface area contributed by atoms with Gasteiger partial charge in [-0.3, -0.25) is 9.69 Å². The van der Waals surface area contributed by atoms with Crippen molar-refractivity contribution >= 4 is 18.0 Å². The van der Waals surface area contributed by atoms with Gasteiger partial charge < -0.3 is 24.2 Å². The van der Waals surface area contributed by atoms with Gasteiger partial charge in [0.25, 0.3) is 0 Å². The number of Topliss-reactive ketones (excluding diaryl/α,β-unsaturated/α-hetero) is 1. The quantitative estimate of drug-likeness (QED) is 0.694. The number of hydrogen-bond donors (Lipinski definition) is 1. The molecular formula is C25H28N2O6. The van der Waals surface area contributed by atoms with Crippen LogP contribution >= 0.6 is 0 Å². The van der Waals surface area contributed by atoms with E-state index in [-0.39, 0.29) is 23.4 Å². The number of methoxy groups -OCH3 is 1. The number of phenols is 1. The molecule has 0 spiro atoms. The van der Waals surface area contributed by atoms with Gasteiger partial charge in [0.1, 0.15) is 17.2 Å². The molecule has 0 aliphatic carbocycles. The summed E-state index contributed by atoms with van der Waals surface area (Å²) in [6, 6.07) is 8.97. The molecule has 0 atom stereocenters. The molecule has 2 aromatic rings. The number of allylic oxidation sites excluding steroid dienone is 1. The van der Waals surface area contributed by atoms with Crippen molar-refractivity contribution in [1.82, 2.24) is 9.80 Å². The fraction of sp³-hybridized carbons (Fsp3) is 0.360. The monoisotopic (exact) mass is 452 g/mol. The number of rotatable bonds is 5. The maximum atomic E-state index is 13.1. The summed E-state index contributed by atoms with van der Waals surface area (Å²) in [6.45, 7) is 6.65. The van der Waals surface area contributed by atoms with E-state index in [0.29, 0.717) is 67.5 Å². The average molecular weight is 453 g/mol. The fourth-order valence-corrected chi connectivity index (χ4v) is 4.14. The van der Waals surface area contributed by atoms with Crippen LogP contribution in [0.1, 0.15) is 34.0 Å². The van der Waals surface area contributed by atoms with Crippen LogP contribution in [0.15, 0.2) is 36.1 Å². The first-order chi connectivity index (χ1) is 15.9. The highest BCUT2D eigenvalue weighted by molar-refractivity contribution is 6.15. The number of carbonyl (C=O) groups is 2. The molecular weight excluding hydrogens is 424 g/mol. The van der Waals surface area contributed by atoms with E-state index in [1.54, 1.807) is 38.0 Å². The number of ether oxygens (including phenoxy) is 3. The Morgan fingerprint density at radius 1 is 1.21 bits per heavy atom. The van der Waals surface area contributed by atoms with E-state index < -0.39 is 0 Å². The van der Waals surface area contributed by atoms with E-state index in [9.17, 15) is 14.7 Å². The third-order valence-corrected chi connectivity index (χ3v) is 5.89. The van der Waals surface area contributed by atoms with Gasteiger partial charge in [0.15, 0.2) is 5.76 Å². The third kappa shape index (κ3) is 4.66. The van der Waals surface area contributed by atoms with Gasteiger partial charge in [0.2, 0.25) is 5.78 Å². The highest BCUT2D eigenvalue weighted by Crippen LogP contribution is 2.42. The number of phenolic OH excluding ortho intramolecular Hbond substituents is 1. The molecule has 1 N–H and O–H groups in total. The fourth-order valence-electron chi connectivity index (χ4n) is 4.14. The van der Waals surface area contributed by atoms with Crippen LogP contribution in [0.2, 0.25) is 0 Å². The zero-order chi connectivity index (χ0) is 23.5. The maximum absolute atomic E-state index is 13.1. The van der Waals surface area contributed by atoms with Crippen LogP contribution in [0.25, 0.3) is 6.08 Å². The Labute approximate surface area is 193 Å². The zero-order valence-corrected chi connectivity index (χ0v) is 19.1. The summed E-state index contributed by atoms with van der Waals surface area (Å²) < 4.78 is 16.3. The minimum Gasteiger partial charge on any atom is -0.507 e. The molecule has 8 heteroatoms. The Bertz CT molecular complexity index is 1100. The number of benzene rings is 2. The second kappa shape index (κ2) is 9.54. The summed E-state index contributed by atoms with van der Waals surface area (Å²) >= 11 is 0. The molecule has 1 fully saturated rings. The van der Waals surface area contributed by atoms with Crippen molar-refractivity contribution in [2.75, 3.05) is 39.9 Å². The molecule has 1 amide bonds. The number of fused-ring (bicyclic) bond motifs is 1. The topological polar surface area (TPSA) is 88.5 Å². The van der Waals surface area contributed by atoms with Crippen LogP contribution in [-0.4, -0.2) is 66.7 Å². The molecule has 33 heavy (non-hydrogen) atoms. The van der Waals surface area contributed by atoms with E-state index in [1.807, 2.05) is 24.3 Å². The summed E-state index contributed by atoms with van der Waals surface area (Å²) in [7, 11) is 1.59. The molecule has 0 saturated carbocycles. The van der Waals surface area contributed by atoms with Crippen LogP contribution in [0.4, 0.5) is 4.79 Å². The molecule has 0 radical (unpaired) electrons. The van der Waals surface area contributed by atoms with E-state index in [0.717, 1.165) is 5.56 Å². The minimum atomic E-state index is -0.308. The molecule has 0 unspecified atom stereocenters. The lowest BCUT2D eigenvalue weighted by atomic mass is 9.99. The molecule has 8 nitrogen and oxygen atoms in total. The first kappa shape index (κ1) is 22.7. The number of ketones is 1. The average Bonchev–Trinajstić information content (AvgIpc) is 3.13. The van der Waals surface area contributed by atoms with Crippen molar-refractivity contribution in [3.63, 3.8) is 0 Å². The van der Waals surface area contributed by atoms with Gasteiger partial charge in [0.05, 0.1) is 24.8 Å². The number of amides is 1. The standard InChI is InChI=1S/C25H28N2O6/c1-4-32-25(30)27-10-8-26(9-11-27)15-19-20(28)12-16(2)22-23(29)21(33-24(19)22)14-17-6-5-7-18(13-17)31-3/h5-7,12-14,28H,4,8-11,15H2,1-3H3/b21-14-. The third-order valence-electron chi connectivity index (χ3n) is 5.89. The number of carbonyl (C=O) groups excluding carboxylic acids is 2. The van der Waals surface area contributed by atoms with Crippen molar-refractivity contribution in [3.05, 3.63) is 58.3 Å². The van der Waals surface area contributed by atoms with Crippen molar-refractivity contribution in [2.24, 2.45) is 0 Å². The van der Waals surface area contributed by atoms with Gasteiger partial charge >= 0.3 is 6.09 Å². The van der Waals surface area contributed by atoms with Gasteiger partial charge in [-0.15, -0.1) is 0 Å². The Hall–Kier alpha value is -3.52. The Morgan fingerprint density at radius 3 is 2.67 bits per heavy atom. The lowest BCUT2D eigenvalue weighted by molar-refractivity contribution is 0.0774. The molecule has 174 valence electrons. The zero-order valence-electron chi connectivity index (χ0n) is 19.1. The van der Waals surface area contributed by atoms with E-state index >= 15 is 0 Å². The molecule has 1 saturated heterocycles. The van der Waals surface area contributed by atoms with Crippen molar-refractivity contribution in [2.45, 2.75) is 20.4 Å². The number of nitrogens with zero attached hydrogens (tertiary/aromatic N) is 2. The SMILES string of the molecule is CCOC(=O)N1CCN(Cc2c(O)cc(C)c3c2O/C(=C\c2cccc(OC)c2)C3=O)CC1. The van der Waals surface area contributed by atoms with Crippen LogP contribution < -0.4 is 9.47 Å². The van der Waals surface area contributed by atoms with Crippen LogP contribution in [-0.2, 0) is 11.3 Å². The maximum Gasteiger partial charge on any atom is 0.409 e. The smallest absolute Gasteiger partial charge is 0.409 e. The summed E-state index contributed by atoms with van der Waals surface area (Å²) in [5.74, 6) is 1.18. The number of aromatic hydroxyl groups is 1. The second-order valence-electron chi connectivity index (χ2n) is 8.07. The normalized spacial score (nSPS) is 17.1. The van der Waals surface area contributed by atoms with Crippen LogP contribution in [0.5, 0.6) is 17.2 Å².